The van der Waals surface area contributed by atoms with Crippen LogP contribution >= 0.6 is 0 Å². The lowest BCUT2D eigenvalue weighted by Gasteiger charge is -2.26. The van der Waals surface area contributed by atoms with Gasteiger partial charge >= 0.3 is 6.18 Å². The Bertz CT molecular complexity index is 408. The molecule has 23 heavy (non-hydrogen) atoms. The van der Waals surface area contributed by atoms with E-state index >= 15 is 0 Å². The number of likely N-dealkylation sites (N-methyl/N-ethyl adjacent to an activating group) is 1. The van der Waals surface area contributed by atoms with Crippen LogP contribution in [-0.4, -0.2) is 80.3 Å². The predicted molar refractivity (Wildman–Crippen MR) is 85.6 cm³/mol. The molecule has 2 aliphatic rings. The molecule has 8 heteroatoms. The van der Waals surface area contributed by atoms with Gasteiger partial charge in [-0.1, -0.05) is 0 Å². The van der Waals surface area contributed by atoms with Gasteiger partial charge in [0.2, 0.25) is 0 Å². The molecule has 5 nitrogen and oxygen atoms in total. The quantitative estimate of drug-likeness (QED) is 0.567. The second-order valence-corrected chi connectivity index (χ2v) is 6.68. The predicted octanol–water partition coefficient (Wildman–Crippen LogP) is 1.27. The molecule has 1 aliphatic carbocycles. The lowest BCUT2D eigenvalue weighted by Crippen LogP contribution is -2.49. The molecule has 134 valence electrons. The summed E-state index contributed by atoms with van der Waals surface area (Å²) in [4.78, 5) is 7.98. The van der Waals surface area contributed by atoms with Crippen LogP contribution in [0.4, 0.5) is 13.2 Å². The van der Waals surface area contributed by atoms with Crippen molar-refractivity contribution in [1.29, 1.82) is 0 Å². The summed E-state index contributed by atoms with van der Waals surface area (Å²) in [6.07, 6.45) is -0.887. The summed E-state index contributed by atoms with van der Waals surface area (Å²) in [5.41, 5.74) is 0. The molecule has 0 aromatic carbocycles. The summed E-state index contributed by atoms with van der Waals surface area (Å²) in [6, 6.07) is 1.11. The van der Waals surface area contributed by atoms with Gasteiger partial charge in [-0.2, -0.15) is 13.2 Å². The van der Waals surface area contributed by atoms with Crippen molar-refractivity contribution in [3.05, 3.63) is 0 Å². The van der Waals surface area contributed by atoms with Crippen molar-refractivity contribution in [2.75, 3.05) is 40.3 Å². The maximum absolute atomic E-state index is 12.4. The summed E-state index contributed by atoms with van der Waals surface area (Å²) < 4.78 is 37.2. The van der Waals surface area contributed by atoms with Crippen LogP contribution < -0.4 is 10.6 Å². The van der Waals surface area contributed by atoms with Gasteiger partial charge in [0.05, 0.1) is 6.54 Å². The molecule has 2 fully saturated rings. The lowest BCUT2D eigenvalue weighted by molar-refractivity contribution is -0.143. The topological polar surface area (TPSA) is 42.9 Å². The minimum atomic E-state index is -4.13. The van der Waals surface area contributed by atoms with E-state index in [2.05, 4.69) is 34.5 Å². The minimum absolute atomic E-state index is 0.0139. The van der Waals surface area contributed by atoms with Crippen LogP contribution in [0.3, 0.4) is 0 Å². The molecule has 0 bridgehead atoms. The Morgan fingerprint density at radius 3 is 2.61 bits per heavy atom. The Hall–Kier alpha value is -1.02. The van der Waals surface area contributed by atoms with Gasteiger partial charge in [-0.15, -0.1) is 0 Å². The molecule has 2 rings (SSSR count). The van der Waals surface area contributed by atoms with E-state index in [4.69, 9.17) is 0 Å². The summed E-state index contributed by atoms with van der Waals surface area (Å²) in [5.74, 6) is 0.667. The molecule has 0 amide bonds. The van der Waals surface area contributed by atoms with E-state index in [1.165, 1.54) is 17.7 Å². The van der Waals surface area contributed by atoms with Crippen LogP contribution in [0, 0.1) is 0 Å². The fraction of sp³-hybridized carbons (Fsp3) is 0.933. The number of aliphatic imine (C=N–C) groups is 1. The van der Waals surface area contributed by atoms with Crippen molar-refractivity contribution in [1.82, 2.24) is 20.4 Å². The van der Waals surface area contributed by atoms with Crippen molar-refractivity contribution < 1.29 is 13.2 Å². The Morgan fingerprint density at radius 1 is 1.35 bits per heavy atom. The zero-order valence-corrected chi connectivity index (χ0v) is 14.2. The van der Waals surface area contributed by atoms with Gasteiger partial charge in [-0.05, 0) is 33.2 Å². The Labute approximate surface area is 136 Å². The molecular formula is C15H28F3N5. The number of hydrogen-bond donors (Lipinski definition) is 2. The minimum Gasteiger partial charge on any atom is -0.355 e. The van der Waals surface area contributed by atoms with E-state index in [0.29, 0.717) is 37.6 Å². The summed E-state index contributed by atoms with van der Waals surface area (Å²) in [6.45, 7) is 2.97. The molecule has 0 aromatic rings. The average molecular weight is 335 g/mol. The average Bonchev–Trinajstić information content (AvgIpc) is 3.23. The Kier molecular flexibility index (Phi) is 6.13. The van der Waals surface area contributed by atoms with Crippen molar-refractivity contribution in [3.8, 4) is 0 Å². The molecule has 0 aromatic heterocycles. The van der Waals surface area contributed by atoms with Crippen LogP contribution in [0.15, 0.2) is 4.99 Å². The van der Waals surface area contributed by atoms with E-state index in [1.54, 1.807) is 7.05 Å². The number of alkyl halides is 3. The van der Waals surface area contributed by atoms with E-state index in [9.17, 15) is 13.2 Å². The van der Waals surface area contributed by atoms with E-state index in [1.807, 2.05) is 0 Å². The number of nitrogens with zero attached hydrogens (tertiary/aromatic N) is 3. The third kappa shape index (κ3) is 6.18. The van der Waals surface area contributed by atoms with Gasteiger partial charge in [0, 0.05) is 44.8 Å². The van der Waals surface area contributed by atoms with Crippen LogP contribution in [0.25, 0.3) is 0 Å². The number of halogens is 3. The second kappa shape index (κ2) is 7.70. The molecule has 2 atom stereocenters. The van der Waals surface area contributed by atoms with Crippen LogP contribution in [0.2, 0.25) is 0 Å². The highest BCUT2D eigenvalue weighted by Gasteiger charge is 2.34. The fourth-order valence-electron chi connectivity index (χ4n) is 2.97. The monoisotopic (exact) mass is 335 g/mol. The second-order valence-electron chi connectivity index (χ2n) is 6.68. The maximum Gasteiger partial charge on any atom is 0.401 e. The highest BCUT2D eigenvalue weighted by Crippen LogP contribution is 2.26. The molecule has 2 unspecified atom stereocenters. The molecule has 0 spiro atoms. The summed E-state index contributed by atoms with van der Waals surface area (Å²) in [7, 11) is 3.82. The van der Waals surface area contributed by atoms with Crippen LogP contribution in [0.1, 0.15) is 26.2 Å². The van der Waals surface area contributed by atoms with E-state index in [0.717, 1.165) is 6.54 Å². The molecule has 1 saturated carbocycles. The first-order chi connectivity index (χ1) is 10.8. The molecule has 1 aliphatic heterocycles. The zero-order chi connectivity index (χ0) is 17.0. The Balaban J connectivity index is 1.70. The first-order valence-electron chi connectivity index (χ1n) is 8.26. The standard InChI is InChI=1S/C15H28F3N5/c1-11(22(3)13-4-5-13)8-20-14(19-2)21-12-6-7-23(9-12)10-15(16,17)18/h11-13H,4-10H2,1-3H3,(H2,19,20,21). The van der Waals surface area contributed by atoms with Gasteiger partial charge in [0.15, 0.2) is 5.96 Å². The summed E-state index contributed by atoms with van der Waals surface area (Å²) >= 11 is 0. The van der Waals surface area contributed by atoms with Crippen molar-refractivity contribution in [3.63, 3.8) is 0 Å². The van der Waals surface area contributed by atoms with E-state index in [-0.39, 0.29) is 6.04 Å². The molecular weight excluding hydrogens is 307 g/mol. The number of nitrogens with one attached hydrogen (secondary N) is 2. The first kappa shape index (κ1) is 18.3. The van der Waals surface area contributed by atoms with Gasteiger partial charge in [-0.3, -0.25) is 14.8 Å². The smallest absolute Gasteiger partial charge is 0.355 e. The highest BCUT2D eigenvalue weighted by molar-refractivity contribution is 5.80. The van der Waals surface area contributed by atoms with E-state index < -0.39 is 12.7 Å². The van der Waals surface area contributed by atoms with Crippen molar-refractivity contribution in [2.45, 2.75) is 50.5 Å². The van der Waals surface area contributed by atoms with Gasteiger partial charge < -0.3 is 10.6 Å². The maximum atomic E-state index is 12.4. The van der Waals surface area contributed by atoms with Gasteiger partial charge in [0.25, 0.3) is 0 Å². The number of guanidine groups is 1. The largest absolute Gasteiger partial charge is 0.401 e. The lowest BCUT2D eigenvalue weighted by atomic mass is 10.2. The van der Waals surface area contributed by atoms with Gasteiger partial charge in [-0.25, -0.2) is 0 Å². The molecule has 2 N–H and O–H groups in total. The Morgan fingerprint density at radius 2 is 2.04 bits per heavy atom. The van der Waals surface area contributed by atoms with Gasteiger partial charge in [0.1, 0.15) is 0 Å². The molecule has 1 heterocycles. The van der Waals surface area contributed by atoms with Crippen molar-refractivity contribution >= 4 is 5.96 Å². The number of rotatable bonds is 6. The SMILES string of the molecule is CN=C(NCC(C)N(C)C1CC1)NC1CCN(CC(F)(F)F)C1. The third-order valence-electron chi connectivity index (χ3n) is 4.62. The molecule has 0 radical (unpaired) electrons. The normalized spacial score (nSPS) is 25.0. The zero-order valence-electron chi connectivity index (χ0n) is 14.2. The van der Waals surface area contributed by atoms with Crippen LogP contribution in [0.5, 0.6) is 0 Å². The molecule has 1 saturated heterocycles. The van der Waals surface area contributed by atoms with Crippen LogP contribution in [-0.2, 0) is 0 Å². The third-order valence-corrected chi connectivity index (χ3v) is 4.62. The number of likely N-dealkylation sites (tertiary alicyclic amines) is 1. The number of hydrogen-bond acceptors (Lipinski definition) is 3. The highest BCUT2D eigenvalue weighted by atomic mass is 19.4. The first-order valence-corrected chi connectivity index (χ1v) is 8.26. The summed E-state index contributed by atoms with van der Waals surface area (Å²) in [5, 5.41) is 6.51. The fourth-order valence-corrected chi connectivity index (χ4v) is 2.97. The van der Waals surface area contributed by atoms with Crippen molar-refractivity contribution in [2.24, 2.45) is 4.99 Å².